The van der Waals surface area contributed by atoms with Crippen molar-refractivity contribution in [1.29, 1.82) is 0 Å². The van der Waals surface area contributed by atoms with Crippen molar-refractivity contribution >= 4 is 0 Å². The number of hydrogen-bond acceptors (Lipinski definition) is 4. The van der Waals surface area contributed by atoms with Crippen LogP contribution in [0.1, 0.15) is 35.6 Å². The minimum atomic E-state index is -0.702. The Morgan fingerprint density at radius 1 is 1.18 bits per heavy atom. The van der Waals surface area contributed by atoms with Crippen molar-refractivity contribution in [2.45, 2.75) is 43.9 Å². The highest BCUT2D eigenvalue weighted by Crippen LogP contribution is 2.32. The number of likely N-dealkylation sites (N-methyl/N-ethyl adjacent to an activating group) is 1. The first-order valence-electron chi connectivity index (χ1n) is 9.70. The van der Waals surface area contributed by atoms with Crippen molar-refractivity contribution in [3.05, 3.63) is 64.7 Å². The molecule has 0 fully saturated rings. The Bertz CT molecular complexity index is 780. The second-order valence-corrected chi connectivity index (χ2v) is 7.36. The summed E-state index contributed by atoms with van der Waals surface area (Å²) in [4.78, 5) is 0. The summed E-state index contributed by atoms with van der Waals surface area (Å²) in [5.41, 5.74) is 3.04. The molecule has 3 unspecified atom stereocenters. The molecular formula is C22H28F2N2O2. The first-order chi connectivity index (χ1) is 13.5. The molecule has 4 nitrogen and oxygen atoms in total. The van der Waals surface area contributed by atoms with Gasteiger partial charge in [-0.25, -0.2) is 8.78 Å². The van der Waals surface area contributed by atoms with Crippen molar-refractivity contribution in [2.75, 3.05) is 20.7 Å². The molecule has 0 aromatic heterocycles. The molecule has 0 amide bonds. The van der Waals surface area contributed by atoms with Crippen LogP contribution < -0.4 is 15.4 Å². The Labute approximate surface area is 164 Å². The number of aliphatic hydroxyl groups excluding tert-OH is 1. The molecule has 6 heteroatoms. The van der Waals surface area contributed by atoms with Crippen LogP contribution >= 0.6 is 0 Å². The number of halogens is 2. The lowest BCUT2D eigenvalue weighted by molar-refractivity contribution is 0.124. The van der Waals surface area contributed by atoms with Gasteiger partial charge in [-0.05, 0) is 73.7 Å². The highest BCUT2D eigenvalue weighted by atomic mass is 19.1. The highest BCUT2D eigenvalue weighted by molar-refractivity contribution is 5.39. The van der Waals surface area contributed by atoms with Gasteiger partial charge in [0, 0.05) is 24.7 Å². The Morgan fingerprint density at radius 3 is 2.61 bits per heavy atom. The van der Waals surface area contributed by atoms with Crippen molar-refractivity contribution in [1.82, 2.24) is 10.6 Å². The summed E-state index contributed by atoms with van der Waals surface area (Å²) in [6.45, 7) is 0.380. The van der Waals surface area contributed by atoms with E-state index in [1.165, 1.54) is 23.3 Å². The lowest BCUT2D eigenvalue weighted by Crippen LogP contribution is -2.46. The van der Waals surface area contributed by atoms with Crippen molar-refractivity contribution in [3.63, 3.8) is 0 Å². The first-order valence-corrected chi connectivity index (χ1v) is 9.70. The molecule has 0 saturated heterocycles. The number of rotatable bonds is 8. The normalized spacial score (nSPS) is 18.4. The fraction of sp³-hybridized carbons (Fsp3) is 0.455. The fourth-order valence-electron chi connectivity index (χ4n) is 3.93. The number of nitrogens with one attached hydrogen (secondary N) is 2. The minimum absolute atomic E-state index is 0.151. The van der Waals surface area contributed by atoms with E-state index in [1.807, 2.05) is 6.07 Å². The zero-order chi connectivity index (χ0) is 20.1. The van der Waals surface area contributed by atoms with E-state index in [2.05, 4.69) is 22.8 Å². The molecule has 0 heterocycles. The average molecular weight is 390 g/mol. The summed E-state index contributed by atoms with van der Waals surface area (Å²) in [5.74, 6) is -0.385. The van der Waals surface area contributed by atoms with Gasteiger partial charge in [0.05, 0.1) is 13.2 Å². The Hall–Kier alpha value is -2.02. The molecule has 2 aromatic rings. The van der Waals surface area contributed by atoms with Crippen LogP contribution in [0.4, 0.5) is 8.78 Å². The zero-order valence-electron chi connectivity index (χ0n) is 16.3. The number of fused-ring (bicyclic) bond motifs is 1. The minimum Gasteiger partial charge on any atom is -0.497 e. The van der Waals surface area contributed by atoms with E-state index in [1.54, 1.807) is 14.2 Å². The molecule has 0 spiro atoms. The molecule has 1 aliphatic carbocycles. The largest absolute Gasteiger partial charge is 0.497 e. The Balaban J connectivity index is 1.63. The van der Waals surface area contributed by atoms with Crippen molar-refractivity contribution in [2.24, 2.45) is 0 Å². The number of hydrogen-bond donors (Lipinski definition) is 3. The smallest absolute Gasteiger partial charge is 0.126 e. The maximum Gasteiger partial charge on any atom is 0.126 e. The molecule has 0 aliphatic heterocycles. The van der Waals surface area contributed by atoms with Gasteiger partial charge in [-0.3, -0.25) is 0 Å². The Kier molecular flexibility index (Phi) is 6.99. The Morgan fingerprint density at radius 2 is 1.93 bits per heavy atom. The predicted molar refractivity (Wildman–Crippen MR) is 106 cm³/mol. The second kappa shape index (κ2) is 9.45. The summed E-state index contributed by atoms with van der Waals surface area (Å²) >= 11 is 0. The first kappa shape index (κ1) is 20.7. The molecular weight excluding hydrogens is 362 g/mol. The highest BCUT2D eigenvalue weighted by Gasteiger charge is 2.24. The summed E-state index contributed by atoms with van der Waals surface area (Å²) in [6, 6.07) is 9.43. The summed E-state index contributed by atoms with van der Waals surface area (Å²) < 4.78 is 32.2. The zero-order valence-corrected chi connectivity index (χ0v) is 16.3. The van der Waals surface area contributed by atoms with Gasteiger partial charge >= 0.3 is 0 Å². The van der Waals surface area contributed by atoms with Crippen LogP contribution in [0.15, 0.2) is 36.4 Å². The number of methoxy groups -OCH3 is 1. The molecule has 152 valence electrons. The van der Waals surface area contributed by atoms with Gasteiger partial charge < -0.3 is 20.5 Å². The van der Waals surface area contributed by atoms with Gasteiger partial charge in [0.2, 0.25) is 0 Å². The van der Waals surface area contributed by atoms with Crippen LogP contribution in [0.5, 0.6) is 5.75 Å². The number of aliphatic hydroxyl groups is 1. The van der Waals surface area contributed by atoms with Gasteiger partial charge in [0.15, 0.2) is 0 Å². The van der Waals surface area contributed by atoms with Gasteiger partial charge in [-0.2, -0.15) is 0 Å². The van der Waals surface area contributed by atoms with E-state index >= 15 is 0 Å². The lowest BCUT2D eigenvalue weighted by Gasteiger charge is -2.30. The molecule has 1 aliphatic rings. The molecule has 2 aromatic carbocycles. The van der Waals surface area contributed by atoms with Gasteiger partial charge in [-0.15, -0.1) is 0 Å². The quantitative estimate of drug-likeness (QED) is 0.648. The number of aryl methyl sites for hydroxylation is 1. The van der Waals surface area contributed by atoms with E-state index in [0.29, 0.717) is 18.5 Å². The van der Waals surface area contributed by atoms with Crippen LogP contribution in [0, 0.1) is 11.6 Å². The molecule has 3 rings (SSSR count). The maximum absolute atomic E-state index is 13.4. The third-order valence-electron chi connectivity index (χ3n) is 5.45. The van der Waals surface area contributed by atoms with Gasteiger partial charge in [0.25, 0.3) is 0 Å². The van der Waals surface area contributed by atoms with E-state index in [-0.39, 0.29) is 12.1 Å². The van der Waals surface area contributed by atoms with Crippen LogP contribution in [-0.2, 0) is 12.8 Å². The van der Waals surface area contributed by atoms with Gasteiger partial charge in [-0.1, -0.05) is 6.07 Å². The maximum atomic E-state index is 13.4. The fourth-order valence-corrected chi connectivity index (χ4v) is 3.93. The van der Waals surface area contributed by atoms with E-state index in [4.69, 9.17) is 4.74 Å². The SMILES string of the molecule is CNC(Cc1cc(F)cc(F)c1)C(O)CNC1CCCc2ccc(OC)cc21. The molecule has 0 saturated carbocycles. The predicted octanol–water partition coefficient (Wildman–Crippen LogP) is 3.13. The van der Waals surface area contributed by atoms with E-state index in [9.17, 15) is 13.9 Å². The monoisotopic (exact) mass is 390 g/mol. The van der Waals surface area contributed by atoms with Crippen LogP contribution in [-0.4, -0.2) is 38.0 Å². The molecule has 28 heavy (non-hydrogen) atoms. The summed E-state index contributed by atoms with van der Waals surface area (Å²) in [7, 11) is 3.40. The number of ether oxygens (including phenoxy) is 1. The summed E-state index contributed by atoms with van der Waals surface area (Å²) in [5, 5.41) is 17.2. The van der Waals surface area contributed by atoms with E-state index in [0.717, 1.165) is 31.1 Å². The van der Waals surface area contributed by atoms with Crippen molar-refractivity contribution < 1.29 is 18.6 Å². The van der Waals surface area contributed by atoms with Gasteiger partial charge in [0.1, 0.15) is 17.4 Å². The van der Waals surface area contributed by atoms with Crippen LogP contribution in [0.3, 0.4) is 0 Å². The third-order valence-corrected chi connectivity index (χ3v) is 5.45. The molecule has 0 bridgehead atoms. The summed E-state index contributed by atoms with van der Waals surface area (Å²) in [6.07, 6.45) is 2.76. The topological polar surface area (TPSA) is 53.5 Å². The number of benzene rings is 2. The lowest BCUT2D eigenvalue weighted by atomic mass is 9.87. The van der Waals surface area contributed by atoms with Crippen LogP contribution in [0.25, 0.3) is 0 Å². The standard InChI is InChI=1S/C22H28F2N2O2/c1-25-21(10-14-8-16(23)11-17(24)9-14)22(27)13-26-20-5-3-4-15-6-7-18(28-2)12-19(15)20/h6-9,11-12,20-22,25-27H,3-5,10,13H2,1-2H3. The molecule has 3 N–H and O–H groups in total. The average Bonchev–Trinajstić information content (AvgIpc) is 2.69. The molecule has 3 atom stereocenters. The third kappa shape index (κ3) is 5.07. The van der Waals surface area contributed by atoms with Crippen molar-refractivity contribution in [3.8, 4) is 5.75 Å². The van der Waals surface area contributed by atoms with Crippen LogP contribution in [0.2, 0.25) is 0 Å². The second-order valence-electron chi connectivity index (χ2n) is 7.36. The molecule has 0 radical (unpaired) electrons. The van der Waals surface area contributed by atoms with E-state index < -0.39 is 17.7 Å².